The molecule has 1 aromatic heterocycles. The van der Waals surface area contributed by atoms with Crippen LogP contribution in [0.3, 0.4) is 0 Å². The maximum Gasteiger partial charge on any atom is 0.307 e. The molecule has 1 aromatic carbocycles. The van der Waals surface area contributed by atoms with E-state index < -0.39 is 11.9 Å². The molecular weight excluding hydrogens is 398 g/mol. The van der Waals surface area contributed by atoms with Crippen LogP contribution in [0.1, 0.15) is 43.5 Å². The lowest BCUT2D eigenvalue weighted by molar-refractivity contribution is -0.149. The molecule has 1 unspecified atom stereocenters. The lowest BCUT2D eigenvalue weighted by Crippen LogP contribution is -2.34. The van der Waals surface area contributed by atoms with Gasteiger partial charge in [0.05, 0.1) is 29.3 Å². The molecule has 7 heteroatoms. The van der Waals surface area contributed by atoms with Crippen molar-refractivity contribution < 1.29 is 28.8 Å². The third-order valence-corrected chi connectivity index (χ3v) is 5.72. The Hall–Kier alpha value is -2.32. The van der Waals surface area contributed by atoms with Crippen LogP contribution in [0.4, 0.5) is 0 Å². The first-order valence-corrected chi connectivity index (χ1v) is 10.5. The van der Waals surface area contributed by atoms with Crippen LogP contribution in [0.5, 0.6) is 0 Å². The van der Waals surface area contributed by atoms with Crippen LogP contribution in [0.15, 0.2) is 36.4 Å². The second kappa shape index (κ2) is 11.3. The van der Waals surface area contributed by atoms with E-state index in [1.807, 2.05) is 49.4 Å². The van der Waals surface area contributed by atoms with Gasteiger partial charge in [-0.05, 0) is 49.8 Å². The molecular formula is C24H31NO6. The van der Waals surface area contributed by atoms with E-state index in [-0.39, 0.29) is 31.7 Å². The summed E-state index contributed by atoms with van der Waals surface area (Å²) in [5.41, 5.74) is 2.70. The predicted molar refractivity (Wildman–Crippen MR) is 117 cm³/mol. The van der Waals surface area contributed by atoms with Crippen LogP contribution in [0, 0.1) is 11.8 Å². The van der Waals surface area contributed by atoms with Crippen LogP contribution >= 0.6 is 0 Å². The quantitative estimate of drug-likeness (QED) is 0.560. The Morgan fingerprint density at radius 2 is 1.97 bits per heavy atom. The van der Waals surface area contributed by atoms with Gasteiger partial charge in [-0.15, -0.1) is 0 Å². The number of rotatable bonds is 10. The first kappa shape index (κ1) is 23.3. The summed E-state index contributed by atoms with van der Waals surface area (Å²) in [6.45, 7) is 2.35. The van der Waals surface area contributed by atoms with Crippen LogP contribution < -0.4 is 0 Å². The maximum absolute atomic E-state index is 11.8. The highest BCUT2D eigenvalue weighted by Crippen LogP contribution is 2.33. The van der Waals surface area contributed by atoms with Crippen molar-refractivity contribution in [3.63, 3.8) is 0 Å². The van der Waals surface area contributed by atoms with E-state index in [0.717, 1.165) is 35.0 Å². The van der Waals surface area contributed by atoms with Gasteiger partial charge in [-0.3, -0.25) is 9.78 Å². The molecule has 1 N–H and O–H groups in total. The van der Waals surface area contributed by atoms with Gasteiger partial charge in [0.15, 0.2) is 0 Å². The molecule has 0 radical (unpaired) electrons. The first-order chi connectivity index (χ1) is 15.0. The van der Waals surface area contributed by atoms with Gasteiger partial charge in [-0.2, -0.15) is 0 Å². The number of pyridine rings is 1. The van der Waals surface area contributed by atoms with Crippen molar-refractivity contribution in [1.82, 2.24) is 4.98 Å². The molecule has 4 atom stereocenters. The maximum atomic E-state index is 11.8. The minimum atomic E-state index is -0.782. The molecule has 2 aromatic rings. The molecule has 1 aliphatic carbocycles. The topological polar surface area (TPSA) is 87.1 Å². The molecule has 1 aliphatic rings. The van der Waals surface area contributed by atoms with E-state index in [0.29, 0.717) is 6.42 Å². The Kier molecular flexibility index (Phi) is 8.54. The van der Waals surface area contributed by atoms with Gasteiger partial charge >= 0.3 is 5.97 Å². The van der Waals surface area contributed by atoms with E-state index in [1.165, 1.54) is 0 Å². The number of aliphatic carboxylic acids is 1. The molecule has 168 valence electrons. The van der Waals surface area contributed by atoms with E-state index in [4.69, 9.17) is 23.9 Å². The van der Waals surface area contributed by atoms with Gasteiger partial charge in [-0.1, -0.05) is 30.4 Å². The number of carbonyl (C=O) groups is 1. The number of fused-ring (bicyclic) bond motifs is 1. The Morgan fingerprint density at radius 3 is 2.71 bits per heavy atom. The second-order valence-corrected chi connectivity index (χ2v) is 7.88. The van der Waals surface area contributed by atoms with Gasteiger partial charge in [0.2, 0.25) is 0 Å². The largest absolute Gasteiger partial charge is 0.481 e. The average Bonchev–Trinajstić information content (AvgIpc) is 2.79. The smallest absolute Gasteiger partial charge is 0.307 e. The van der Waals surface area contributed by atoms with E-state index >= 15 is 0 Å². The SMILES string of the molecule is COCO[C@H]1CCC(C=Cc2ccc3ccc([C@@H](C)OCOC)nc3c2)[C@@H](C(=O)O)C1. The summed E-state index contributed by atoms with van der Waals surface area (Å²) >= 11 is 0. The standard InChI is InChI=1S/C24H31NO6/c1-16(30-14-28-2)22-11-9-19-7-5-17(12-23(19)25-22)4-6-18-8-10-20(31-15-29-3)13-21(18)24(26)27/h4-7,9,11-12,16,18,20-21H,8,10,13-15H2,1-3H3,(H,26,27)/t16-,18?,20+,21+/m1/s1. The third-order valence-electron chi connectivity index (χ3n) is 5.72. The molecule has 1 saturated carbocycles. The highest BCUT2D eigenvalue weighted by Gasteiger charge is 2.34. The number of hydrogen-bond donors (Lipinski definition) is 1. The molecule has 1 fully saturated rings. The van der Waals surface area contributed by atoms with Crippen LogP contribution in [-0.4, -0.2) is 50.0 Å². The number of carboxylic acids is 1. The fourth-order valence-corrected chi connectivity index (χ4v) is 3.96. The molecule has 0 saturated heterocycles. The van der Waals surface area contributed by atoms with Crippen molar-refractivity contribution >= 4 is 22.9 Å². The average molecular weight is 430 g/mol. The summed E-state index contributed by atoms with van der Waals surface area (Å²) < 4.78 is 21.1. The molecule has 0 amide bonds. The van der Waals surface area contributed by atoms with Crippen molar-refractivity contribution in [2.45, 2.75) is 38.4 Å². The third kappa shape index (κ3) is 6.33. The summed E-state index contributed by atoms with van der Waals surface area (Å²) in [5, 5.41) is 10.7. The first-order valence-electron chi connectivity index (χ1n) is 10.5. The minimum Gasteiger partial charge on any atom is -0.481 e. The van der Waals surface area contributed by atoms with Crippen molar-refractivity contribution in [1.29, 1.82) is 0 Å². The highest BCUT2D eigenvalue weighted by atomic mass is 16.7. The van der Waals surface area contributed by atoms with E-state index in [2.05, 4.69) is 0 Å². The van der Waals surface area contributed by atoms with Gasteiger partial charge in [0.25, 0.3) is 0 Å². The monoisotopic (exact) mass is 429 g/mol. The van der Waals surface area contributed by atoms with E-state index in [9.17, 15) is 9.90 Å². The van der Waals surface area contributed by atoms with Crippen molar-refractivity contribution in [3.05, 3.63) is 47.7 Å². The number of nitrogens with zero attached hydrogens (tertiary/aromatic N) is 1. The number of benzene rings is 1. The Morgan fingerprint density at radius 1 is 1.19 bits per heavy atom. The highest BCUT2D eigenvalue weighted by molar-refractivity contribution is 5.81. The van der Waals surface area contributed by atoms with E-state index in [1.54, 1.807) is 14.2 Å². The molecule has 1 heterocycles. The zero-order chi connectivity index (χ0) is 22.2. The number of aromatic nitrogens is 1. The summed E-state index contributed by atoms with van der Waals surface area (Å²) in [7, 11) is 3.16. The minimum absolute atomic E-state index is 0.0302. The van der Waals surface area contributed by atoms with Crippen LogP contribution in [0.25, 0.3) is 17.0 Å². The van der Waals surface area contributed by atoms with Crippen molar-refractivity contribution in [2.75, 3.05) is 27.8 Å². The predicted octanol–water partition coefficient (Wildman–Crippen LogP) is 4.42. The fourth-order valence-electron chi connectivity index (χ4n) is 3.96. The molecule has 3 rings (SSSR count). The second-order valence-electron chi connectivity index (χ2n) is 7.88. The molecule has 0 bridgehead atoms. The van der Waals surface area contributed by atoms with Crippen molar-refractivity contribution in [2.24, 2.45) is 11.8 Å². The Bertz CT molecular complexity index is 899. The summed E-state index contributed by atoms with van der Waals surface area (Å²) in [6, 6.07) is 10.0. The lowest BCUT2D eigenvalue weighted by Gasteiger charge is -2.32. The number of ether oxygens (including phenoxy) is 4. The lowest BCUT2D eigenvalue weighted by atomic mass is 9.77. The van der Waals surface area contributed by atoms with Gasteiger partial charge < -0.3 is 24.1 Å². The summed E-state index contributed by atoms with van der Waals surface area (Å²) in [4.78, 5) is 16.5. The normalized spacial score (nSPS) is 22.7. The Balaban J connectivity index is 1.73. The number of allylic oxidation sites excluding steroid dienone is 1. The Labute approximate surface area is 183 Å². The number of methoxy groups -OCH3 is 2. The zero-order valence-corrected chi connectivity index (χ0v) is 18.3. The molecule has 0 spiro atoms. The van der Waals surface area contributed by atoms with Gasteiger partial charge in [0.1, 0.15) is 13.6 Å². The van der Waals surface area contributed by atoms with Gasteiger partial charge in [0, 0.05) is 19.6 Å². The number of carboxylic acid groups (broad SMARTS) is 1. The fraction of sp³-hybridized carbons (Fsp3) is 0.500. The van der Waals surface area contributed by atoms with Crippen molar-refractivity contribution in [3.8, 4) is 0 Å². The molecule has 0 aliphatic heterocycles. The summed E-state index contributed by atoms with van der Waals surface area (Å²) in [6.07, 6.45) is 5.86. The molecule has 31 heavy (non-hydrogen) atoms. The zero-order valence-electron chi connectivity index (χ0n) is 18.3. The number of hydrogen-bond acceptors (Lipinski definition) is 6. The summed E-state index contributed by atoms with van der Waals surface area (Å²) in [5.74, 6) is -1.27. The van der Waals surface area contributed by atoms with Crippen LogP contribution in [-0.2, 0) is 23.7 Å². The molecule has 7 nitrogen and oxygen atoms in total. The van der Waals surface area contributed by atoms with Gasteiger partial charge in [-0.25, -0.2) is 0 Å². The van der Waals surface area contributed by atoms with Crippen LogP contribution in [0.2, 0.25) is 0 Å².